The van der Waals surface area contributed by atoms with E-state index in [1.54, 1.807) is 7.11 Å². The van der Waals surface area contributed by atoms with Crippen LogP contribution in [-0.4, -0.2) is 13.2 Å². The van der Waals surface area contributed by atoms with Crippen LogP contribution in [-0.2, 0) is 6.54 Å². The molecule has 1 atom stereocenters. The molecule has 112 valence electrons. The standard InChI is InChI=1S/C17H26ClNO/c1-13(15-7-5-3-4-6-8-15)19-12-14-9-10-17(20-2)16(18)11-14/h9-11,13,15,19H,3-8,12H2,1-2H3/t13-/m0/s1. The zero-order valence-corrected chi connectivity index (χ0v) is 13.4. The van der Waals surface area contributed by atoms with Gasteiger partial charge in [0.1, 0.15) is 5.75 Å². The maximum absolute atomic E-state index is 6.16. The van der Waals surface area contributed by atoms with Crippen LogP contribution >= 0.6 is 11.6 Å². The average Bonchev–Trinajstić information content (AvgIpc) is 2.74. The van der Waals surface area contributed by atoms with E-state index in [0.717, 1.165) is 18.2 Å². The van der Waals surface area contributed by atoms with Gasteiger partial charge in [0.2, 0.25) is 0 Å². The second-order valence-electron chi connectivity index (χ2n) is 5.89. The first kappa shape index (κ1) is 15.7. The molecule has 0 amide bonds. The van der Waals surface area contributed by atoms with E-state index in [-0.39, 0.29) is 0 Å². The normalized spacial score (nSPS) is 18.6. The molecular formula is C17H26ClNO. The number of hydrogen-bond acceptors (Lipinski definition) is 2. The molecular weight excluding hydrogens is 270 g/mol. The topological polar surface area (TPSA) is 21.3 Å². The van der Waals surface area contributed by atoms with Gasteiger partial charge in [0.05, 0.1) is 12.1 Å². The summed E-state index contributed by atoms with van der Waals surface area (Å²) in [5, 5.41) is 4.35. The van der Waals surface area contributed by atoms with Crippen molar-refractivity contribution in [2.24, 2.45) is 5.92 Å². The van der Waals surface area contributed by atoms with Crippen molar-refractivity contribution < 1.29 is 4.74 Å². The largest absolute Gasteiger partial charge is 0.495 e. The molecule has 20 heavy (non-hydrogen) atoms. The summed E-state index contributed by atoms with van der Waals surface area (Å²) in [6.45, 7) is 3.20. The SMILES string of the molecule is COc1ccc(CN[C@@H](C)C2CCCCCC2)cc1Cl. The fourth-order valence-corrected chi connectivity index (χ4v) is 3.36. The summed E-state index contributed by atoms with van der Waals surface area (Å²) >= 11 is 6.16. The van der Waals surface area contributed by atoms with E-state index in [2.05, 4.69) is 18.3 Å². The Morgan fingerprint density at radius 1 is 1.25 bits per heavy atom. The Morgan fingerprint density at radius 3 is 2.55 bits per heavy atom. The lowest BCUT2D eigenvalue weighted by molar-refractivity contribution is 0.336. The fourth-order valence-electron chi connectivity index (χ4n) is 3.08. The minimum absolute atomic E-state index is 0.578. The Morgan fingerprint density at radius 2 is 1.95 bits per heavy atom. The van der Waals surface area contributed by atoms with Gasteiger partial charge in [-0.2, -0.15) is 0 Å². The van der Waals surface area contributed by atoms with Crippen molar-refractivity contribution in [1.29, 1.82) is 0 Å². The Balaban J connectivity index is 1.85. The van der Waals surface area contributed by atoms with Gasteiger partial charge in [0.25, 0.3) is 0 Å². The number of halogens is 1. The van der Waals surface area contributed by atoms with Crippen molar-refractivity contribution in [2.75, 3.05) is 7.11 Å². The number of rotatable bonds is 5. The van der Waals surface area contributed by atoms with Gasteiger partial charge in [0, 0.05) is 12.6 Å². The second-order valence-corrected chi connectivity index (χ2v) is 6.30. The van der Waals surface area contributed by atoms with Crippen LogP contribution in [0.5, 0.6) is 5.75 Å². The molecule has 0 bridgehead atoms. The maximum atomic E-state index is 6.16. The Labute approximate surface area is 127 Å². The van der Waals surface area contributed by atoms with Crippen LogP contribution in [0.2, 0.25) is 5.02 Å². The van der Waals surface area contributed by atoms with Gasteiger partial charge in [-0.15, -0.1) is 0 Å². The van der Waals surface area contributed by atoms with Crippen LogP contribution in [0.15, 0.2) is 18.2 Å². The van der Waals surface area contributed by atoms with Gasteiger partial charge in [-0.3, -0.25) is 0 Å². The Kier molecular flexibility index (Phi) is 6.18. The Hall–Kier alpha value is -0.730. The summed E-state index contributed by atoms with van der Waals surface area (Å²) in [5.41, 5.74) is 1.22. The van der Waals surface area contributed by atoms with Crippen LogP contribution in [0.1, 0.15) is 51.0 Å². The minimum Gasteiger partial charge on any atom is -0.495 e. The summed E-state index contributed by atoms with van der Waals surface area (Å²) in [4.78, 5) is 0. The molecule has 0 aliphatic heterocycles. The quantitative estimate of drug-likeness (QED) is 0.788. The zero-order valence-electron chi connectivity index (χ0n) is 12.6. The number of benzene rings is 1. The number of nitrogens with one attached hydrogen (secondary N) is 1. The number of ether oxygens (including phenoxy) is 1. The highest BCUT2D eigenvalue weighted by Gasteiger charge is 2.18. The van der Waals surface area contributed by atoms with Crippen molar-refractivity contribution in [2.45, 2.75) is 58.0 Å². The lowest BCUT2D eigenvalue weighted by atomic mass is 9.93. The van der Waals surface area contributed by atoms with Crippen molar-refractivity contribution in [3.05, 3.63) is 28.8 Å². The molecule has 2 nitrogen and oxygen atoms in total. The highest BCUT2D eigenvalue weighted by Crippen LogP contribution is 2.27. The summed E-state index contributed by atoms with van der Waals surface area (Å²) in [6.07, 6.45) is 8.36. The van der Waals surface area contributed by atoms with E-state index in [9.17, 15) is 0 Å². The highest BCUT2D eigenvalue weighted by atomic mass is 35.5. The predicted octanol–water partition coefficient (Wildman–Crippen LogP) is 4.80. The molecule has 0 aromatic heterocycles. The van der Waals surface area contributed by atoms with E-state index in [1.165, 1.54) is 44.1 Å². The Bertz CT molecular complexity index is 413. The first-order chi connectivity index (χ1) is 9.70. The van der Waals surface area contributed by atoms with Gasteiger partial charge in [-0.05, 0) is 43.4 Å². The summed E-state index contributed by atoms with van der Waals surface area (Å²) < 4.78 is 5.18. The second kappa shape index (κ2) is 7.90. The van der Waals surface area contributed by atoms with Gasteiger partial charge in [-0.1, -0.05) is 43.4 Å². The van der Waals surface area contributed by atoms with Crippen LogP contribution in [0, 0.1) is 5.92 Å². The molecule has 3 heteroatoms. The first-order valence-electron chi connectivity index (χ1n) is 7.76. The van der Waals surface area contributed by atoms with Crippen LogP contribution in [0.3, 0.4) is 0 Å². The van der Waals surface area contributed by atoms with E-state index in [4.69, 9.17) is 16.3 Å². The van der Waals surface area contributed by atoms with E-state index in [0.29, 0.717) is 11.1 Å². The maximum Gasteiger partial charge on any atom is 0.137 e. The molecule has 1 N–H and O–H groups in total. The molecule has 0 spiro atoms. The molecule has 1 aromatic carbocycles. The molecule has 1 aliphatic carbocycles. The van der Waals surface area contributed by atoms with E-state index < -0.39 is 0 Å². The molecule has 2 rings (SSSR count). The predicted molar refractivity (Wildman–Crippen MR) is 85.5 cm³/mol. The summed E-state index contributed by atoms with van der Waals surface area (Å²) in [5.74, 6) is 1.57. The van der Waals surface area contributed by atoms with Crippen LogP contribution < -0.4 is 10.1 Å². The molecule has 0 heterocycles. The van der Waals surface area contributed by atoms with Gasteiger partial charge in [-0.25, -0.2) is 0 Å². The highest BCUT2D eigenvalue weighted by molar-refractivity contribution is 6.32. The van der Waals surface area contributed by atoms with Crippen molar-refractivity contribution in [3.63, 3.8) is 0 Å². The summed E-state index contributed by atoms with van der Waals surface area (Å²) in [7, 11) is 1.65. The third-order valence-electron chi connectivity index (χ3n) is 4.45. The minimum atomic E-state index is 0.578. The zero-order chi connectivity index (χ0) is 14.4. The number of hydrogen-bond donors (Lipinski definition) is 1. The van der Waals surface area contributed by atoms with Crippen molar-refractivity contribution in [1.82, 2.24) is 5.32 Å². The molecule has 1 fully saturated rings. The molecule has 0 saturated heterocycles. The smallest absolute Gasteiger partial charge is 0.137 e. The van der Waals surface area contributed by atoms with Gasteiger partial charge < -0.3 is 10.1 Å². The van der Waals surface area contributed by atoms with Crippen LogP contribution in [0.4, 0.5) is 0 Å². The molecule has 0 radical (unpaired) electrons. The van der Waals surface area contributed by atoms with Gasteiger partial charge >= 0.3 is 0 Å². The molecule has 0 unspecified atom stereocenters. The lowest BCUT2D eigenvalue weighted by Crippen LogP contribution is -2.32. The number of methoxy groups -OCH3 is 1. The third kappa shape index (κ3) is 4.39. The van der Waals surface area contributed by atoms with E-state index >= 15 is 0 Å². The molecule has 1 aromatic rings. The average molecular weight is 296 g/mol. The van der Waals surface area contributed by atoms with Crippen LogP contribution in [0.25, 0.3) is 0 Å². The van der Waals surface area contributed by atoms with E-state index in [1.807, 2.05) is 12.1 Å². The monoisotopic (exact) mass is 295 g/mol. The lowest BCUT2D eigenvalue weighted by Gasteiger charge is -2.23. The van der Waals surface area contributed by atoms with Crippen molar-refractivity contribution >= 4 is 11.6 Å². The summed E-state index contributed by atoms with van der Waals surface area (Å²) in [6, 6.07) is 6.59. The molecule has 1 saturated carbocycles. The first-order valence-corrected chi connectivity index (χ1v) is 8.14. The third-order valence-corrected chi connectivity index (χ3v) is 4.75. The van der Waals surface area contributed by atoms with Crippen molar-refractivity contribution in [3.8, 4) is 5.75 Å². The fraction of sp³-hybridized carbons (Fsp3) is 0.647. The van der Waals surface area contributed by atoms with Gasteiger partial charge in [0.15, 0.2) is 0 Å². The molecule has 1 aliphatic rings.